The SMILES string of the molecule is [SiH3]C1([SiH3])OC1([SiH3])[SiH3]. The Morgan fingerprint density at radius 2 is 1.00 bits per heavy atom. The molecule has 1 heterocycles. The lowest BCUT2D eigenvalue weighted by molar-refractivity contribution is 0.407. The van der Waals surface area contributed by atoms with Gasteiger partial charge >= 0.3 is 0 Å². The maximum absolute atomic E-state index is 5.54. The van der Waals surface area contributed by atoms with E-state index < -0.39 is 0 Å². The molecular weight excluding hydrogens is 152 g/mol. The van der Waals surface area contributed by atoms with Crippen molar-refractivity contribution < 1.29 is 4.74 Å². The maximum atomic E-state index is 5.54. The lowest BCUT2D eigenvalue weighted by Gasteiger charge is -1.95. The smallest absolute Gasteiger partial charge is 0.0507 e. The van der Waals surface area contributed by atoms with E-state index in [1.54, 1.807) is 0 Å². The van der Waals surface area contributed by atoms with Gasteiger partial charge in [-0.1, -0.05) is 0 Å². The van der Waals surface area contributed by atoms with Crippen LogP contribution < -0.4 is 0 Å². The highest BCUT2D eigenvalue weighted by Gasteiger charge is 2.54. The first kappa shape index (κ1) is 5.96. The van der Waals surface area contributed by atoms with Crippen LogP contribution in [0.2, 0.25) is 0 Å². The molecule has 0 amide bonds. The summed E-state index contributed by atoms with van der Waals surface area (Å²) in [6.45, 7) is 0. The van der Waals surface area contributed by atoms with Gasteiger partial charge in [0.05, 0.1) is 9.70 Å². The van der Waals surface area contributed by atoms with Gasteiger partial charge < -0.3 is 4.74 Å². The highest BCUT2D eigenvalue weighted by Crippen LogP contribution is 2.35. The zero-order valence-electron chi connectivity index (χ0n) is 5.41. The third-order valence-corrected chi connectivity index (χ3v) is 11.6. The van der Waals surface area contributed by atoms with Crippen LogP contribution in [0.25, 0.3) is 0 Å². The van der Waals surface area contributed by atoms with Gasteiger partial charge in [-0.05, 0) is 0 Å². The van der Waals surface area contributed by atoms with Crippen LogP contribution in [0.15, 0.2) is 0 Å². The molecule has 0 unspecified atom stereocenters. The van der Waals surface area contributed by atoms with E-state index in [0.29, 0.717) is 9.70 Å². The van der Waals surface area contributed by atoms with Crippen molar-refractivity contribution in [2.45, 2.75) is 9.70 Å². The molecule has 0 aromatic carbocycles. The van der Waals surface area contributed by atoms with Crippen molar-refractivity contribution in [1.82, 2.24) is 0 Å². The second-order valence-electron chi connectivity index (χ2n) is 3.12. The lowest BCUT2D eigenvalue weighted by atomic mass is 10.9. The van der Waals surface area contributed by atoms with Gasteiger partial charge in [0.2, 0.25) is 0 Å². The predicted octanol–water partition coefficient (Wildman–Crippen LogP) is -5.21. The van der Waals surface area contributed by atoms with Crippen molar-refractivity contribution in [3.8, 4) is 0 Å². The molecule has 0 spiro atoms. The van der Waals surface area contributed by atoms with Crippen molar-refractivity contribution in [3.05, 3.63) is 0 Å². The molecule has 0 aromatic rings. The summed E-state index contributed by atoms with van der Waals surface area (Å²) in [4.78, 5) is 1.09. The Balaban J connectivity index is 2.59. The minimum atomic E-state index is 0.547. The minimum Gasteiger partial charge on any atom is -0.382 e. The Hall–Kier alpha value is 0.828. The van der Waals surface area contributed by atoms with Gasteiger partial charge in [-0.2, -0.15) is 0 Å². The summed E-state index contributed by atoms with van der Waals surface area (Å²) < 4.78 is 5.54. The van der Waals surface area contributed by atoms with E-state index in [1.165, 1.54) is 41.0 Å². The average molecular weight is 164 g/mol. The summed E-state index contributed by atoms with van der Waals surface area (Å²) in [5.41, 5.74) is 0. The first-order valence-electron chi connectivity index (χ1n) is 2.66. The molecule has 0 N–H and O–H groups in total. The molecule has 0 aliphatic carbocycles. The van der Waals surface area contributed by atoms with E-state index in [0.717, 1.165) is 0 Å². The van der Waals surface area contributed by atoms with Crippen LogP contribution in [0.3, 0.4) is 0 Å². The van der Waals surface area contributed by atoms with Gasteiger partial charge in [0.25, 0.3) is 0 Å². The maximum Gasteiger partial charge on any atom is 0.0507 e. The largest absolute Gasteiger partial charge is 0.382 e. The molecule has 1 aliphatic heterocycles. The molecule has 1 fully saturated rings. The van der Waals surface area contributed by atoms with E-state index in [-0.39, 0.29) is 0 Å². The molecule has 1 aliphatic rings. The summed E-state index contributed by atoms with van der Waals surface area (Å²) in [5, 5.41) is 0. The van der Waals surface area contributed by atoms with Crippen LogP contribution in [-0.4, -0.2) is 50.7 Å². The summed E-state index contributed by atoms with van der Waals surface area (Å²) in [7, 11) is 5.15. The van der Waals surface area contributed by atoms with E-state index in [4.69, 9.17) is 4.74 Å². The Labute approximate surface area is 55.9 Å². The number of epoxide rings is 1. The molecule has 1 saturated heterocycles. The fourth-order valence-corrected chi connectivity index (χ4v) is 4.29. The standard InChI is InChI=1S/C2H12OSi4/c4-1(5)2(6,7)3-1/h4-7H3. The third-order valence-electron chi connectivity index (χ3n) is 1.92. The summed E-state index contributed by atoms with van der Waals surface area (Å²) in [6, 6.07) is 0. The van der Waals surface area contributed by atoms with Gasteiger partial charge in [-0.15, -0.1) is 0 Å². The molecule has 5 heteroatoms. The van der Waals surface area contributed by atoms with Crippen LogP contribution in [0, 0.1) is 0 Å². The number of hydrogen-bond acceptors (Lipinski definition) is 1. The van der Waals surface area contributed by atoms with Crippen molar-refractivity contribution in [1.29, 1.82) is 0 Å². The topological polar surface area (TPSA) is 12.5 Å². The fourth-order valence-electron chi connectivity index (χ4n) is 0.612. The zero-order chi connectivity index (χ0) is 5.71. The molecule has 1 rings (SSSR count). The van der Waals surface area contributed by atoms with Crippen LogP contribution in [-0.2, 0) is 4.74 Å². The Morgan fingerprint density at radius 1 is 0.857 bits per heavy atom. The molecule has 0 atom stereocenters. The normalized spacial score (nSPS) is 61.7. The molecule has 0 aromatic heterocycles. The van der Waals surface area contributed by atoms with Gasteiger partial charge in [-0.3, -0.25) is 0 Å². The lowest BCUT2D eigenvalue weighted by Crippen LogP contribution is -2.26. The Kier molecular flexibility index (Phi) is 1.03. The molecule has 1 nitrogen and oxygen atoms in total. The number of ether oxygens (including phenoxy) is 1. The van der Waals surface area contributed by atoms with Gasteiger partial charge in [0.15, 0.2) is 0 Å². The van der Waals surface area contributed by atoms with Crippen LogP contribution in [0.1, 0.15) is 0 Å². The van der Waals surface area contributed by atoms with E-state index in [1.807, 2.05) is 0 Å². The third kappa shape index (κ3) is 0.832. The number of rotatable bonds is 0. The molecule has 0 bridgehead atoms. The van der Waals surface area contributed by atoms with Gasteiger partial charge in [0, 0.05) is 41.0 Å². The minimum absolute atomic E-state index is 0.547. The van der Waals surface area contributed by atoms with E-state index >= 15 is 0 Å². The van der Waals surface area contributed by atoms with Crippen molar-refractivity contribution in [2.24, 2.45) is 0 Å². The van der Waals surface area contributed by atoms with E-state index in [2.05, 4.69) is 0 Å². The Bertz CT molecular complexity index is 85.9. The fraction of sp³-hybridized carbons (Fsp3) is 1.00. The van der Waals surface area contributed by atoms with Crippen LogP contribution in [0.4, 0.5) is 0 Å². The quantitative estimate of drug-likeness (QED) is 0.258. The predicted molar refractivity (Wildman–Crippen MR) is 46.3 cm³/mol. The molecular formula is C2H12OSi4. The van der Waals surface area contributed by atoms with Gasteiger partial charge in [-0.25, -0.2) is 0 Å². The van der Waals surface area contributed by atoms with E-state index in [9.17, 15) is 0 Å². The summed E-state index contributed by atoms with van der Waals surface area (Å²) >= 11 is 0. The number of hydrogen-bond donors (Lipinski definition) is 0. The zero-order valence-corrected chi connectivity index (χ0v) is 13.4. The highest BCUT2D eigenvalue weighted by molar-refractivity contribution is 6.57. The summed E-state index contributed by atoms with van der Waals surface area (Å²) in [5.74, 6) is 0. The molecule has 0 saturated carbocycles. The van der Waals surface area contributed by atoms with Gasteiger partial charge in [0.1, 0.15) is 0 Å². The average Bonchev–Trinajstić information content (AvgIpc) is 1.63. The summed E-state index contributed by atoms with van der Waals surface area (Å²) in [6.07, 6.45) is 0. The van der Waals surface area contributed by atoms with Crippen molar-refractivity contribution in [2.75, 3.05) is 0 Å². The van der Waals surface area contributed by atoms with Crippen molar-refractivity contribution in [3.63, 3.8) is 0 Å². The second kappa shape index (κ2) is 1.21. The highest BCUT2D eigenvalue weighted by atomic mass is 28.2. The van der Waals surface area contributed by atoms with Crippen molar-refractivity contribution >= 4 is 41.0 Å². The van der Waals surface area contributed by atoms with Crippen LogP contribution in [0.5, 0.6) is 0 Å². The molecule has 42 valence electrons. The molecule has 7 heavy (non-hydrogen) atoms. The first-order chi connectivity index (χ1) is 2.96. The molecule has 0 radical (unpaired) electrons. The Morgan fingerprint density at radius 3 is 1.00 bits per heavy atom. The monoisotopic (exact) mass is 164 g/mol. The van der Waals surface area contributed by atoms with Crippen LogP contribution >= 0.6 is 0 Å². The second-order valence-corrected chi connectivity index (χ2v) is 14.8. The first-order valence-corrected chi connectivity index (χ1v) is 6.66.